The third kappa shape index (κ3) is 3.71. The molecular weight excluding hydrogens is 254 g/mol. The van der Waals surface area contributed by atoms with Crippen LogP contribution in [0.25, 0.3) is 0 Å². The maximum atomic E-state index is 12.2. The molecule has 2 aliphatic rings. The number of hydrogen-bond donors (Lipinski definition) is 2. The molecule has 2 rings (SSSR count). The molecule has 20 heavy (non-hydrogen) atoms. The maximum Gasteiger partial charge on any atom is 0.224 e. The van der Waals surface area contributed by atoms with Crippen LogP contribution in [0, 0.1) is 17.8 Å². The van der Waals surface area contributed by atoms with Gasteiger partial charge in [-0.15, -0.1) is 0 Å². The highest BCUT2D eigenvalue weighted by molar-refractivity contribution is 5.80. The summed E-state index contributed by atoms with van der Waals surface area (Å²) in [6, 6.07) is 0.0955. The van der Waals surface area contributed by atoms with Gasteiger partial charge in [-0.05, 0) is 51.1 Å². The number of rotatable bonds is 8. The number of nitrogens with zero attached hydrogens (tertiary/aromatic N) is 1. The van der Waals surface area contributed by atoms with Crippen molar-refractivity contribution < 1.29 is 9.53 Å². The number of hydrogen-bond acceptors (Lipinski definition) is 4. The van der Waals surface area contributed by atoms with Crippen molar-refractivity contribution in [3.05, 3.63) is 0 Å². The SMILES string of the molecule is COCCN(C)CCCNC(=O)C1C2CCC(C2)C1N. The fourth-order valence-corrected chi connectivity index (χ4v) is 3.76. The Bertz CT molecular complexity index is 322. The lowest BCUT2D eigenvalue weighted by atomic mass is 9.84. The predicted octanol–water partition coefficient (Wildman–Crippen LogP) is 0.444. The topological polar surface area (TPSA) is 67.6 Å². The fourth-order valence-electron chi connectivity index (χ4n) is 3.76. The van der Waals surface area contributed by atoms with E-state index in [1.807, 2.05) is 0 Å². The largest absolute Gasteiger partial charge is 0.383 e. The van der Waals surface area contributed by atoms with Crippen molar-refractivity contribution in [2.45, 2.75) is 31.7 Å². The summed E-state index contributed by atoms with van der Waals surface area (Å²) in [5, 5.41) is 3.07. The summed E-state index contributed by atoms with van der Waals surface area (Å²) >= 11 is 0. The highest BCUT2D eigenvalue weighted by atomic mass is 16.5. The molecule has 0 aromatic heterocycles. The van der Waals surface area contributed by atoms with Gasteiger partial charge in [0.1, 0.15) is 0 Å². The van der Waals surface area contributed by atoms with Crippen molar-refractivity contribution in [2.24, 2.45) is 23.5 Å². The van der Waals surface area contributed by atoms with E-state index in [0.717, 1.165) is 32.7 Å². The molecule has 0 aromatic carbocycles. The number of likely N-dealkylation sites (N-methyl/N-ethyl adjacent to an activating group) is 1. The first-order valence-corrected chi connectivity index (χ1v) is 7.84. The Balaban J connectivity index is 1.61. The Hall–Kier alpha value is -0.650. The van der Waals surface area contributed by atoms with Gasteiger partial charge >= 0.3 is 0 Å². The summed E-state index contributed by atoms with van der Waals surface area (Å²) in [7, 11) is 3.79. The van der Waals surface area contributed by atoms with Crippen LogP contribution in [0.4, 0.5) is 0 Å². The normalized spacial score (nSPS) is 32.0. The molecule has 2 saturated carbocycles. The molecule has 2 aliphatic carbocycles. The summed E-state index contributed by atoms with van der Waals surface area (Å²) in [5.41, 5.74) is 6.19. The van der Waals surface area contributed by atoms with Crippen LogP contribution in [-0.4, -0.2) is 57.2 Å². The van der Waals surface area contributed by atoms with Crippen LogP contribution in [0.1, 0.15) is 25.7 Å². The Kier molecular flexibility index (Phi) is 5.81. The van der Waals surface area contributed by atoms with E-state index in [0.29, 0.717) is 11.8 Å². The minimum absolute atomic E-state index is 0.0694. The summed E-state index contributed by atoms with van der Waals surface area (Å²) < 4.78 is 5.04. The van der Waals surface area contributed by atoms with Crippen LogP contribution in [0.3, 0.4) is 0 Å². The summed E-state index contributed by atoms with van der Waals surface area (Å²) in [5.74, 6) is 1.39. The molecule has 4 atom stereocenters. The van der Waals surface area contributed by atoms with Gasteiger partial charge in [-0.2, -0.15) is 0 Å². The van der Waals surface area contributed by atoms with Crippen LogP contribution >= 0.6 is 0 Å². The maximum absolute atomic E-state index is 12.2. The predicted molar refractivity (Wildman–Crippen MR) is 79.3 cm³/mol. The molecule has 5 nitrogen and oxygen atoms in total. The van der Waals surface area contributed by atoms with E-state index in [1.54, 1.807) is 7.11 Å². The third-order valence-corrected chi connectivity index (χ3v) is 4.98. The quantitative estimate of drug-likeness (QED) is 0.635. The van der Waals surface area contributed by atoms with Crippen molar-refractivity contribution >= 4 is 5.91 Å². The van der Waals surface area contributed by atoms with Crippen molar-refractivity contribution in [3.8, 4) is 0 Å². The van der Waals surface area contributed by atoms with E-state index < -0.39 is 0 Å². The number of fused-ring (bicyclic) bond motifs is 2. The number of amides is 1. The number of methoxy groups -OCH3 is 1. The van der Waals surface area contributed by atoms with E-state index in [1.165, 1.54) is 19.3 Å². The van der Waals surface area contributed by atoms with Crippen LogP contribution in [0.5, 0.6) is 0 Å². The average Bonchev–Trinajstić information content (AvgIpc) is 3.01. The van der Waals surface area contributed by atoms with Crippen molar-refractivity contribution in [1.29, 1.82) is 0 Å². The molecular formula is C15H29N3O2. The first kappa shape index (κ1) is 15.7. The van der Waals surface area contributed by atoms with Gasteiger partial charge in [-0.3, -0.25) is 4.79 Å². The van der Waals surface area contributed by atoms with Gasteiger partial charge in [-0.1, -0.05) is 0 Å². The van der Waals surface area contributed by atoms with Crippen LogP contribution in [0.2, 0.25) is 0 Å². The molecule has 5 heteroatoms. The first-order valence-electron chi connectivity index (χ1n) is 7.84. The van der Waals surface area contributed by atoms with Crippen LogP contribution in [-0.2, 0) is 9.53 Å². The number of ether oxygens (including phenoxy) is 1. The van der Waals surface area contributed by atoms with E-state index in [9.17, 15) is 4.79 Å². The first-order chi connectivity index (χ1) is 9.63. The zero-order valence-corrected chi connectivity index (χ0v) is 12.8. The summed E-state index contributed by atoms with van der Waals surface area (Å²) in [4.78, 5) is 14.5. The second-order valence-corrected chi connectivity index (χ2v) is 6.38. The van der Waals surface area contributed by atoms with Crippen molar-refractivity contribution in [3.63, 3.8) is 0 Å². The number of nitrogens with one attached hydrogen (secondary N) is 1. The minimum atomic E-state index is 0.0694. The number of carbonyl (C=O) groups is 1. The minimum Gasteiger partial charge on any atom is -0.383 e. The molecule has 0 heterocycles. The molecule has 0 radical (unpaired) electrons. The number of carbonyl (C=O) groups excluding carboxylic acids is 1. The molecule has 0 aliphatic heterocycles. The van der Waals surface area contributed by atoms with Gasteiger partial charge in [-0.25, -0.2) is 0 Å². The fraction of sp³-hybridized carbons (Fsp3) is 0.933. The Morgan fingerprint density at radius 2 is 2.10 bits per heavy atom. The van der Waals surface area contributed by atoms with Crippen molar-refractivity contribution in [2.75, 3.05) is 40.4 Å². The van der Waals surface area contributed by atoms with Gasteiger partial charge in [0.05, 0.1) is 12.5 Å². The second kappa shape index (κ2) is 7.38. The van der Waals surface area contributed by atoms with Gasteiger partial charge in [0.25, 0.3) is 0 Å². The molecule has 0 spiro atoms. The lowest BCUT2D eigenvalue weighted by molar-refractivity contribution is -0.127. The summed E-state index contributed by atoms with van der Waals surface area (Å²) in [6.45, 7) is 3.41. The highest BCUT2D eigenvalue weighted by Gasteiger charge is 2.48. The Labute approximate surface area is 122 Å². The van der Waals surface area contributed by atoms with Gasteiger partial charge in [0, 0.05) is 26.2 Å². The standard InChI is InChI=1S/C15H29N3O2/c1-18(8-9-20-2)7-3-6-17-15(19)13-11-4-5-12(10-11)14(13)16/h11-14H,3-10,16H2,1-2H3,(H,17,19). The monoisotopic (exact) mass is 283 g/mol. The highest BCUT2D eigenvalue weighted by Crippen LogP contribution is 2.47. The Morgan fingerprint density at radius 3 is 2.75 bits per heavy atom. The lowest BCUT2D eigenvalue weighted by Crippen LogP contribution is -2.45. The summed E-state index contributed by atoms with van der Waals surface area (Å²) in [6.07, 6.45) is 4.55. The molecule has 3 N–H and O–H groups in total. The van der Waals surface area contributed by atoms with E-state index in [-0.39, 0.29) is 17.9 Å². The van der Waals surface area contributed by atoms with Crippen LogP contribution < -0.4 is 11.1 Å². The molecule has 116 valence electrons. The zero-order chi connectivity index (χ0) is 14.5. The smallest absolute Gasteiger partial charge is 0.224 e. The second-order valence-electron chi connectivity index (χ2n) is 6.38. The lowest BCUT2D eigenvalue weighted by Gasteiger charge is -2.27. The molecule has 2 fully saturated rings. The average molecular weight is 283 g/mol. The van der Waals surface area contributed by atoms with Crippen molar-refractivity contribution in [1.82, 2.24) is 10.2 Å². The molecule has 1 amide bonds. The molecule has 2 bridgehead atoms. The third-order valence-electron chi connectivity index (χ3n) is 4.98. The zero-order valence-electron chi connectivity index (χ0n) is 12.8. The van der Waals surface area contributed by atoms with E-state index >= 15 is 0 Å². The van der Waals surface area contributed by atoms with Gasteiger partial charge in [0.2, 0.25) is 5.91 Å². The van der Waals surface area contributed by atoms with E-state index in [4.69, 9.17) is 10.5 Å². The molecule has 0 saturated heterocycles. The van der Waals surface area contributed by atoms with E-state index in [2.05, 4.69) is 17.3 Å². The van der Waals surface area contributed by atoms with Gasteiger partial charge < -0.3 is 20.7 Å². The number of nitrogens with two attached hydrogens (primary N) is 1. The van der Waals surface area contributed by atoms with Crippen LogP contribution in [0.15, 0.2) is 0 Å². The molecule has 0 aromatic rings. The molecule has 4 unspecified atom stereocenters. The van der Waals surface area contributed by atoms with Gasteiger partial charge in [0.15, 0.2) is 0 Å². The Morgan fingerprint density at radius 1 is 1.35 bits per heavy atom.